The minimum atomic E-state index is -0.284. The van der Waals surface area contributed by atoms with Crippen molar-refractivity contribution < 1.29 is 9.59 Å². The van der Waals surface area contributed by atoms with Crippen molar-refractivity contribution in [3.05, 3.63) is 64.4 Å². The molecule has 6 heteroatoms. The Morgan fingerprint density at radius 1 is 1.23 bits per heavy atom. The minimum Gasteiger partial charge on any atom is -0.348 e. The summed E-state index contributed by atoms with van der Waals surface area (Å²) in [7, 11) is 0. The highest BCUT2D eigenvalue weighted by atomic mass is 79.9. The van der Waals surface area contributed by atoms with Crippen molar-refractivity contribution >= 4 is 27.7 Å². The molecule has 1 aromatic carbocycles. The van der Waals surface area contributed by atoms with Crippen LogP contribution in [0.15, 0.2) is 53.3 Å². The van der Waals surface area contributed by atoms with E-state index in [0.29, 0.717) is 5.56 Å². The molecule has 22 heavy (non-hydrogen) atoms. The Balaban J connectivity index is 1.84. The molecule has 0 bridgehead atoms. The number of pyridine rings is 1. The van der Waals surface area contributed by atoms with Gasteiger partial charge in [0.15, 0.2) is 0 Å². The number of hydrogen-bond acceptors (Lipinski definition) is 3. The highest BCUT2D eigenvalue weighted by Crippen LogP contribution is 2.11. The number of nitrogens with one attached hydrogen (secondary N) is 2. The molecular formula is C16H16BrN3O2. The fourth-order valence-corrected chi connectivity index (χ4v) is 2.32. The number of benzene rings is 1. The minimum absolute atomic E-state index is 0.0687. The molecular weight excluding hydrogens is 346 g/mol. The quantitative estimate of drug-likeness (QED) is 0.858. The number of rotatable bonds is 5. The van der Waals surface area contributed by atoms with E-state index < -0.39 is 0 Å². The number of nitrogens with zero attached hydrogens (tertiary/aromatic N) is 1. The fraction of sp³-hybridized carbons (Fsp3) is 0.188. The maximum absolute atomic E-state index is 11.9. The van der Waals surface area contributed by atoms with Crippen molar-refractivity contribution in [3.8, 4) is 0 Å². The molecule has 0 unspecified atom stereocenters. The summed E-state index contributed by atoms with van der Waals surface area (Å²) >= 11 is 3.30. The summed E-state index contributed by atoms with van der Waals surface area (Å²) < 4.78 is 0.816. The molecule has 0 aliphatic rings. The first kappa shape index (κ1) is 16.2. The summed E-state index contributed by atoms with van der Waals surface area (Å²) in [6.45, 7) is 1.81. The average molecular weight is 362 g/mol. The highest BCUT2D eigenvalue weighted by molar-refractivity contribution is 9.10. The van der Waals surface area contributed by atoms with Crippen LogP contribution in [0.1, 0.15) is 28.9 Å². The van der Waals surface area contributed by atoms with E-state index in [1.807, 2.05) is 25.1 Å². The zero-order valence-corrected chi connectivity index (χ0v) is 13.6. The second-order valence-electron chi connectivity index (χ2n) is 4.76. The molecule has 0 aliphatic heterocycles. The number of halogens is 1. The molecule has 0 radical (unpaired) electrons. The topological polar surface area (TPSA) is 71.1 Å². The third-order valence-corrected chi connectivity index (χ3v) is 3.57. The van der Waals surface area contributed by atoms with Gasteiger partial charge in [0.05, 0.1) is 12.6 Å². The van der Waals surface area contributed by atoms with Crippen molar-refractivity contribution in [1.29, 1.82) is 0 Å². The zero-order valence-electron chi connectivity index (χ0n) is 12.0. The number of carbonyl (C=O) groups excluding carboxylic acids is 2. The summed E-state index contributed by atoms with van der Waals surface area (Å²) in [5, 5.41) is 5.42. The van der Waals surface area contributed by atoms with Gasteiger partial charge in [0.25, 0.3) is 5.91 Å². The van der Waals surface area contributed by atoms with Gasteiger partial charge >= 0.3 is 0 Å². The van der Waals surface area contributed by atoms with E-state index >= 15 is 0 Å². The second-order valence-corrected chi connectivity index (χ2v) is 5.68. The second kappa shape index (κ2) is 7.70. The summed E-state index contributed by atoms with van der Waals surface area (Å²) in [6.07, 6.45) is 3.35. The average Bonchev–Trinajstić information content (AvgIpc) is 2.53. The summed E-state index contributed by atoms with van der Waals surface area (Å²) in [5.74, 6) is -0.527. The van der Waals surface area contributed by atoms with Gasteiger partial charge in [0, 0.05) is 22.4 Å². The Kier molecular flexibility index (Phi) is 5.66. The third-order valence-electron chi connectivity index (χ3n) is 3.08. The molecule has 0 spiro atoms. The number of carbonyl (C=O) groups is 2. The van der Waals surface area contributed by atoms with Crippen molar-refractivity contribution in [2.75, 3.05) is 6.54 Å². The zero-order chi connectivity index (χ0) is 15.9. The number of aromatic nitrogens is 1. The van der Waals surface area contributed by atoms with E-state index in [1.165, 1.54) is 0 Å². The van der Waals surface area contributed by atoms with Crippen LogP contribution in [-0.4, -0.2) is 23.3 Å². The molecule has 1 aromatic heterocycles. The van der Waals surface area contributed by atoms with Gasteiger partial charge in [-0.05, 0) is 42.8 Å². The lowest BCUT2D eigenvalue weighted by molar-refractivity contribution is -0.120. The van der Waals surface area contributed by atoms with Crippen molar-refractivity contribution in [2.24, 2.45) is 0 Å². The molecule has 114 valence electrons. The molecule has 2 N–H and O–H groups in total. The summed E-state index contributed by atoms with van der Waals surface area (Å²) in [4.78, 5) is 27.7. The van der Waals surface area contributed by atoms with Crippen LogP contribution in [0.25, 0.3) is 0 Å². The predicted octanol–water partition coefficient (Wildman–Crippen LogP) is 2.45. The van der Waals surface area contributed by atoms with Crippen LogP contribution in [0.3, 0.4) is 0 Å². The fourth-order valence-electron chi connectivity index (χ4n) is 1.92. The molecule has 0 fully saturated rings. The van der Waals surface area contributed by atoms with Crippen molar-refractivity contribution in [2.45, 2.75) is 13.0 Å². The first-order valence-corrected chi connectivity index (χ1v) is 7.58. The van der Waals surface area contributed by atoms with E-state index in [0.717, 1.165) is 10.0 Å². The first-order chi connectivity index (χ1) is 10.6. The maximum Gasteiger partial charge on any atom is 0.251 e. The SMILES string of the molecule is C[C@H](NC(=O)CNC(=O)c1cccc(Br)c1)c1ccncc1. The van der Waals surface area contributed by atoms with Crippen LogP contribution in [0.5, 0.6) is 0 Å². The highest BCUT2D eigenvalue weighted by Gasteiger charge is 2.11. The molecule has 1 atom stereocenters. The molecule has 0 saturated heterocycles. The predicted molar refractivity (Wildman–Crippen MR) is 87.3 cm³/mol. The standard InChI is InChI=1S/C16H16BrN3O2/c1-11(12-5-7-18-8-6-12)20-15(21)10-19-16(22)13-3-2-4-14(17)9-13/h2-9,11H,10H2,1H3,(H,19,22)(H,20,21)/t11-/m0/s1. The van der Waals surface area contributed by atoms with Gasteiger partial charge in [-0.2, -0.15) is 0 Å². The van der Waals surface area contributed by atoms with Gasteiger partial charge in [-0.25, -0.2) is 0 Å². The Morgan fingerprint density at radius 2 is 1.95 bits per heavy atom. The van der Waals surface area contributed by atoms with E-state index in [9.17, 15) is 9.59 Å². The van der Waals surface area contributed by atoms with E-state index in [2.05, 4.69) is 31.5 Å². The lowest BCUT2D eigenvalue weighted by Gasteiger charge is -2.14. The largest absolute Gasteiger partial charge is 0.348 e. The molecule has 2 amide bonds. The van der Waals surface area contributed by atoms with Gasteiger partial charge in [-0.1, -0.05) is 22.0 Å². The van der Waals surface area contributed by atoms with Crippen molar-refractivity contribution in [1.82, 2.24) is 15.6 Å². The van der Waals surface area contributed by atoms with Crippen LogP contribution in [0, 0.1) is 0 Å². The van der Waals surface area contributed by atoms with Gasteiger partial charge in [0.2, 0.25) is 5.91 Å². The lowest BCUT2D eigenvalue weighted by atomic mass is 10.1. The monoisotopic (exact) mass is 361 g/mol. The van der Waals surface area contributed by atoms with E-state index in [1.54, 1.807) is 30.6 Å². The third kappa shape index (κ3) is 4.66. The lowest BCUT2D eigenvalue weighted by Crippen LogP contribution is -2.38. The molecule has 2 rings (SSSR count). The Bertz CT molecular complexity index is 661. The maximum atomic E-state index is 11.9. The molecule has 0 aliphatic carbocycles. The molecule has 5 nitrogen and oxygen atoms in total. The molecule has 0 saturated carbocycles. The molecule has 2 aromatic rings. The van der Waals surface area contributed by atoms with E-state index in [4.69, 9.17) is 0 Å². The van der Waals surface area contributed by atoms with Crippen LogP contribution >= 0.6 is 15.9 Å². The molecule has 1 heterocycles. The Hall–Kier alpha value is -2.21. The van der Waals surface area contributed by atoms with Crippen LogP contribution < -0.4 is 10.6 Å². The number of hydrogen-bond donors (Lipinski definition) is 2. The Morgan fingerprint density at radius 3 is 2.64 bits per heavy atom. The Labute approximate surface area is 137 Å². The van der Waals surface area contributed by atoms with Crippen LogP contribution in [0.4, 0.5) is 0 Å². The smallest absolute Gasteiger partial charge is 0.251 e. The van der Waals surface area contributed by atoms with Gasteiger partial charge in [0.1, 0.15) is 0 Å². The summed E-state index contributed by atoms with van der Waals surface area (Å²) in [5.41, 5.74) is 1.46. The van der Waals surface area contributed by atoms with Gasteiger partial charge < -0.3 is 10.6 Å². The van der Waals surface area contributed by atoms with E-state index in [-0.39, 0.29) is 24.4 Å². The van der Waals surface area contributed by atoms with Crippen LogP contribution in [0.2, 0.25) is 0 Å². The van der Waals surface area contributed by atoms with Gasteiger partial charge in [-0.15, -0.1) is 0 Å². The first-order valence-electron chi connectivity index (χ1n) is 6.79. The summed E-state index contributed by atoms with van der Waals surface area (Å²) in [6, 6.07) is 10.5. The van der Waals surface area contributed by atoms with Crippen molar-refractivity contribution in [3.63, 3.8) is 0 Å². The van der Waals surface area contributed by atoms with Crippen LogP contribution in [-0.2, 0) is 4.79 Å². The normalized spacial score (nSPS) is 11.5. The van der Waals surface area contributed by atoms with Gasteiger partial charge in [-0.3, -0.25) is 14.6 Å². The number of amides is 2.